The number of nitro benzene ring substituents is 1. The number of nitrogens with zero attached hydrogens (tertiary/aromatic N) is 2. The zero-order valence-corrected chi connectivity index (χ0v) is 20.7. The molecule has 2 atom stereocenters. The van der Waals surface area contributed by atoms with Crippen LogP contribution in [0.5, 0.6) is 0 Å². The number of carbonyl (C=O) groups excluding carboxylic acids is 2. The topological polar surface area (TPSA) is 127 Å². The maximum absolute atomic E-state index is 14.1. The average Bonchev–Trinajstić information content (AvgIpc) is 3.07. The van der Waals surface area contributed by atoms with E-state index in [-0.39, 0.29) is 23.4 Å². The maximum atomic E-state index is 14.1. The van der Waals surface area contributed by atoms with Crippen molar-refractivity contribution in [3.05, 3.63) is 112 Å². The number of para-hydroxylation sites is 1. The fourth-order valence-corrected chi connectivity index (χ4v) is 6.88. The van der Waals surface area contributed by atoms with Crippen LogP contribution in [0.2, 0.25) is 0 Å². The molecule has 10 heteroatoms. The zero-order chi connectivity index (χ0) is 26.5. The van der Waals surface area contributed by atoms with Crippen molar-refractivity contribution in [2.24, 2.45) is 0 Å². The maximum Gasteiger partial charge on any atom is 0.280 e. The summed E-state index contributed by atoms with van der Waals surface area (Å²) in [6, 6.07) is 16.0. The molecule has 0 bridgehead atoms. The van der Waals surface area contributed by atoms with Crippen molar-refractivity contribution in [1.29, 1.82) is 0 Å². The molecule has 2 aliphatic heterocycles. The minimum Gasteiger partial charge on any atom is -0.325 e. The van der Waals surface area contributed by atoms with Gasteiger partial charge in [0, 0.05) is 23.9 Å². The Kier molecular flexibility index (Phi) is 5.81. The first-order valence-corrected chi connectivity index (χ1v) is 13.0. The van der Waals surface area contributed by atoms with Crippen LogP contribution in [0, 0.1) is 17.0 Å². The van der Waals surface area contributed by atoms with Gasteiger partial charge in [0.2, 0.25) is 15.9 Å². The molecular weight excluding hydrogens is 494 g/mol. The summed E-state index contributed by atoms with van der Waals surface area (Å²) in [4.78, 5) is 38.8. The lowest BCUT2D eigenvalue weighted by Gasteiger charge is -2.28. The SMILES string of the molecule is C=C[C@@H]1c2cccc3c2C(C(=O)c2ccccc2[N+](=O)[O-])(CCN1S(=O)(=O)c1ccc(C)cc1)C(=O)N3. The fraction of sp³-hybridized carbons (Fsp3) is 0.185. The largest absolute Gasteiger partial charge is 0.325 e. The Morgan fingerprint density at radius 3 is 2.51 bits per heavy atom. The van der Waals surface area contributed by atoms with Gasteiger partial charge in [0.05, 0.1) is 21.4 Å². The van der Waals surface area contributed by atoms with E-state index in [1.54, 1.807) is 30.3 Å². The normalized spacial score (nSPS) is 21.0. The van der Waals surface area contributed by atoms with Crippen molar-refractivity contribution in [3.8, 4) is 0 Å². The molecule has 2 heterocycles. The molecule has 0 spiro atoms. The van der Waals surface area contributed by atoms with Gasteiger partial charge in [-0.25, -0.2) is 8.42 Å². The molecule has 1 N–H and O–H groups in total. The summed E-state index contributed by atoms with van der Waals surface area (Å²) in [6.07, 6.45) is 1.26. The first kappa shape index (κ1) is 24.5. The Balaban J connectivity index is 1.73. The summed E-state index contributed by atoms with van der Waals surface area (Å²) in [5.41, 5.74) is -0.470. The van der Waals surface area contributed by atoms with Crippen molar-refractivity contribution in [2.45, 2.75) is 29.7 Å². The molecule has 188 valence electrons. The molecule has 0 radical (unpaired) electrons. The molecule has 1 unspecified atom stereocenters. The van der Waals surface area contributed by atoms with E-state index in [4.69, 9.17) is 0 Å². The van der Waals surface area contributed by atoms with Crippen molar-refractivity contribution in [3.63, 3.8) is 0 Å². The van der Waals surface area contributed by atoms with Crippen LogP contribution in [0.4, 0.5) is 11.4 Å². The van der Waals surface area contributed by atoms with Gasteiger partial charge in [0.15, 0.2) is 5.78 Å². The van der Waals surface area contributed by atoms with Gasteiger partial charge in [-0.05, 0) is 43.2 Å². The van der Waals surface area contributed by atoms with E-state index < -0.39 is 43.8 Å². The monoisotopic (exact) mass is 517 g/mol. The number of ketones is 1. The first-order chi connectivity index (χ1) is 17.6. The summed E-state index contributed by atoms with van der Waals surface area (Å²) in [7, 11) is -4.06. The van der Waals surface area contributed by atoms with Crippen LogP contribution < -0.4 is 5.32 Å². The number of nitrogens with one attached hydrogen (secondary N) is 1. The quantitative estimate of drug-likeness (QED) is 0.171. The number of nitro groups is 1. The fourth-order valence-electron chi connectivity index (χ4n) is 5.30. The number of amides is 1. The van der Waals surface area contributed by atoms with E-state index in [0.29, 0.717) is 16.8 Å². The number of benzene rings is 3. The lowest BCUT2D eigenvalue weighted by Crippen LogP contribution is -2.44. The summed E-state index contributed by atoms with van der Waals surface area (Å²) < 4.78 is 28.9. The molecule has 0 saturated heterocycles. The van der Waals surface area contributed by atoms with Crippen LogP contribution in [0.15, 0.2) is 84.3 Å². The molecule has 0 aliphatic carbocycles. The predicted molar refractivity (Wildman–Crippen MR) is 137 cm³/mol. The predicted octanol–water partition coefficient (Wildman–Crippen LogP) is 4.30. The van der Waals surface area contributed by atoms with Crippen LogP contribution >= 0.6 is 0 Å². The van der Waals surface area contributed by atoms with Crippen LogP contribution in [0.25, 0.3) is 0 Å². The Hall–Kier alpha value is -4.15. The number of anilines is 1. The van der Waals surface area contributed by atoms with Crippen molar-refractivity contribution < 1.29 is 22.9 Å². The van der Waals surface area contributed by atoms with Gasteiger partial charge >= 0.3 is 0 Å². The van der Waals surface area contributed by atoms with Gasteiger partial charge in [-0.1, -0.05) is 48.0 Å². The Morgan fingerprint density at radius 1 is 1.14 bits per heavy atom. The highest BCUT2D eigenvalue weighted by Crippen LogP contribution is 2.51. The molecular formula is C27H23N3O6S. The molecule has 3 aromatic carbocycles. The van der Waals surface area contributed by atoms with Gasteiger partial charge in [-0.2, -0.15) is 4.31 Å². The third kappa shape index (κ3) is 3.59. The molecule has 2 aliphatic rings. The van der Waals surface area contributed by atoms with Crippen LogP contribution in [-0.4, -0.2) is 35.9 Å². The van der Waals surface area contributed by atoms with Crippen molar-refractivity contribution in [2.75, 3.05) is 11.9 Å². The molecule has 0 saturated carbocycles. The van der Waals surface area contributed by atoms with E-state index in [0.717, 1.165) is 5.56 Å². The second kappa shape index (κ2) is 8.75. The van der Waals surface area contributed by atoms with E-state index in [9.17, 15) is 28.1 Å². The molecule has 0 fully saturated rings. The highest BCUT2D eigenvalue weighted by molar-refractivity contribution is 7.89. The highest BCUT2D eigenvalue weighted by Gasteiger charge is 2.57. The molecule has 37 heavy (non-hydrogen) atoms. The summed E-state index contributed by atoms with van der Waals surface area (Å²) >= 11 is 0. The van der Waals surface area contributed by atoms with Gasteiger partial charge in [0.25, 0.3) is 5.69 Å². The van der Waals surface area contributed by atoms with E-state index >= 15 is 0 Å². The summed E-state index contributed by atoms with van der Waals surface area (Å²) in [5, 5.41) is 14.5. The van der Waals surface area contributed by atoms with E-state index in [1.807, 2.05) is 6.92 Å². The second-order valence-electron chi connectivity index (χ2n) is 9.09. The number of rotatable bonds is 6. The Morgan fingerprint density at radius 2 is 1.84 bits per heavy atom. The van der Waals surface area contributed by atoms with Gasteiger partial charge in [0.1, 0.15) is 5.41 Å². The number of hydrogen-bond donors (Lipinski definition) is 1. The molecule has 9 nitrogen and oxygen atoms in total. The second-order valence-corrected chi connectivity index (χ2v) is 11.0. The third-order valence-corrected chi connectivity index (χ3v) is 8.97. The van der Waals surface area contributed by atoms with Crippen molar-refractivity contribution >= 4 is 33.1 Å². The summed E-state index contributed by atoms with van der Waals surface area (Å²) in [6.45, 7) is 5.52. The standard InChI is InChI=1S/C27H23N3O6S/c1-3-22-19-8-6-9-21-24(19)27(26(32)28-21,25(31)20-7-4-5-10-23(20)30(33)34)15-16-29(22)37(35,36)18-13-11-17(2)12-14-18/h3-14,22H,1,15-16H2,2H3,(H,28,32)/t22-,27?/m1/s1. The lowest BCUT2D eigenvalue weighted by atomic mass is 9.71. The molecule has 0 aromatic heterocycles. The number of aryl methyl sites for hydroxylation is 1. The molecule has 5 rings (SSSR count). The van der Waals surface area contributed by atoms with Crippen LogP contribution in [0.1, 0.15) is 39.5 Å². The Bertz CT molecular complexity index is 1580. The van der Waals surface area contributed by atoms with Gasteiger partial charge in [-0.15, -0.1) is 6.58 Å². The number of sulfonamides is 1. The van der Waals surface area contributed by atoms with E-state index in [1.165, 1.54) is 46.8 Å². The molecule has 1 amide bonds. The minimum atomic E-state index is -4.06. The molecule has 3 aromatic rings. The summed E-state index contributed by atoms with van der Waals surface area (Å²) in [5.74, 6) is -1.39. The number of hydrogen-bond acceptors (Lipinski definition) is 6. The minimum absolute atomic E-state index is 0.0710. The van der Waals surface area contributed by atoms with Crippen molar-refractivity contribution in [1.82, 2.24) is 4.31 Å². The Labute approximate surface area is 213 Å². The average molecular weight is 518 g/mol. The highest BCUT2D eigenvalue weighted by atomic mass is 32.2. The first-order valence-electron chi connectivity index (χ1n) is 11.6. The van der Waals surface area contributed by atoms with Gasteiger partial charge < -0.3 is 5.32 Å². The number of Topliss-reactive ketones (excluding diaryl/α,β-unsaturated/α-hetero) is 1. The zero-order valence-electron chi connectivity index (χ0n) is 19.9. The van der Waals surface area contributed by atoms with Gasteiger partial charge in [-0.3, -0.25) is 19.7 Å². The third-order valence-electron chi connectivity index (χ3n) is 7.08. The van der Waals surface area contributed by atoms with Crippen LogP contribution in [-0.2, 0) is 20.2 Å². The van der Waals surface area contributed by atoms with E-state index in [2.05, 4.69) is 11.9 Å². The number of carbonyl (C=O) groups is 2. The van der Waals surface area contributed by atoms with Crippen LogP contribution in [0.3, 0.4) is 0 Å². The lowest BCUT2D eigenvalue weighted by molar-refractivity contribution is -0.385. The smallest absolute Gasteiger partial charge is 0.280 e.